The van der Waals surface area contributed by atoms with Crippen molar-refractivity contribution in [3.8, 4) is 0 Å². The first kappa shape index (κ1) is 18.7. The summed E-state index contributed by atoms with van der Waals surface area (Å²) in [7, 11) is 0. The molecular weight excluding hydrogens is 397 g/mol. The molecule has 0 spiro atoms. The standard InChI is InChI=1S/C17H13ClFN3O2S2/c1-2-7-22-15(10-14(21-26(22)24)16-4-3-8-25-16)17(23)20-11-5-6-13(19)12(18)9-11/h2-6,8-10H,1,7H2,(H,20,23). The molecule has 0 fully saturated rings. The van der Waals surface area contributed by atoms with Crippen LogP contribution in [0, 0.1) is 5.82 Å². The quantitative estimate of drug-likeness (QED) is 0.601. The van der Waals surface area contributed by atoms with Crippen molar-refractivity contribution < 1.29 is 13.7 Å². The predicted molar refractivity (Wildman–Crippen MR) is 104 cm³/mol. The number of hydrogen-bond donors (Lipinski definition) is 1. The Kier molecular flexibility index (Phi) is 5.77. The Hall–Kier alpha value is -2.13. The first-order valence-electron chi connectivity index (χ1n) is 7.40. The Morgan fingerprint density at radius 1 is 1.50 bits per heavy atom. The van der Waals surface area contributed by atoms with E-state index in [-0.39, 0.29) is 17.3 Å². The molecule has 2 heterocycles. The molecule has 0 saturated heterocycles. The van der Waals surface area contributed by atoms with Crippen LogP contribution in [0.3, 0.4) is 0 Å². The Morgan fingerprint density at radius 3 is 2.96 bits per heavy atom. The highest BCUT2D eigenvalue weighted by molar-refractivity contribution is 7.88. The molecule has 0 radical (unpaired) electrons. The summed E-state index contributed by atoms with van der Waals surface area (Å²) < 4.78 is 31.2. The average Bonchev–Trinajstić information content (AvgIpc) is 3.14. The molecule has 1 aromatic carbocycles. The molecule has 9 heteroatoms. The average molecular weight is 410 g/mol. The van der Waals surface area contributed by atoms with Gasteiger partial charge >= 0.3 is 0 Å². The smallest absolute Gasteiger partial charge is 0.276 e. The van der Waals surface area contributed by atoms with Gasteiger partial charge in [-0.1, -0.05) is 23.7 Å². The Bertz CT molecular complexity index is 899. The van der Waals surface area contributed by atoms with Crippen molar-refractivity contribution >= 4 is 51.8 Å². The third kappa shape index (κ3) is 3.99. The summed E-state index contributed by atoms with van der Waals surface area (Å²) in [6, 6.07) is 7.53. The van der Waals surface area contributed by atoms with Crippen LogP contribution in [-0.2, 0) is 16.3 Å². The summed E-state index contributed by atoms with van der Waals surface area (Å²) in [5.74, 6) is -1.09. The summed E-state index contributed by atoms with van der Waals surface area (Å²) in [6.07, 6.45) is 3.09. The van der Waals surface area contributed by atoms with Gasteiger partial charge in [0.1, 0.15) is 11.5 Å². The fourth-order valence-corrected chi connectivity index (χ4v) is 4.09. The number of amides is 1. The maximum absolute atomic E-state index is 13.3. The molecule has 0 saturated carbocycles. The second kappa shape index (κ2) is 8.05. The van der Waals surface area contributed by atoms with Crippen LogP contribution in [0.15, 0.2) is 64.5 Å². The zero-order valence-electron chi connectivity index (χ0n) is 13.3. The van der Waals surface area contributed by atoms with Crippen molar-refractivity contribution in [3.63, 3.8) is 0 Å². The molecule has 3 rings (SSSR count). The molecule has 0 aliphatic carbocycles. The fourth-order valence-electron chi connectivity index (χ4n) is 2.21. The van der Waals surface area contributed by atoms with E-state index < -0.39 is 23.3 Å². The lowest BCUT2D eigenvalue weighted by molar-refractivity contribution is -0.113. The molecule has 1 unspecified atom stereocenters. The molecule has 0 bridgehead atoms. The van der Waals surface area contributed by atoms with Gasteiger partial charge in [-0.05, 0) is 34.0 Å². The second-order valence-corrected chi connectivity index (χ2v) is 7.59. The van der Waals surface area contributed by atoms with E-state index in [2.05, 4.69) is 16.3 Å². The van der Waals surface area contributed by atoms with E-state index in [1.165, 1.54) is 33.9 Å². The van der Waals surface area contributed by atoms with Gasteiger partial charge in [-0.3, -0.25) is 4.79 Å². The minimum absolute atomic E-state index is 0.104. The minimum Gasteiger partial charge on any atom is -0.566 e. The molecule has 1 aromatic heterocycles. The van der Waals surface area contributed by atoms with Crippen molar-refractivity contribution in [3.05, 3.63) is 75.9 Å². The monoisotopic (exact) mass is 409 g/mol. The first-order valence-corrected chi connectivity index (χ1v) is 9.73. The van der Waals surface area contributed by atoms with Crippen LogP contribution in [0.4, 0.5) is 10.1 Å². The first-order chi connectivity index (χ1) is 12.5. The number of nitrogens with zero attached hydrogens (tertiary/aromatic N) is 2. The lowest BCUT2D eigenvalue weighted by Crippen LogP contribution is -2.38. The maximum Gasteiger partial charge on any atom is 0.276 e. The summed E-state index contributed by atoms with van der Waals surface area (Å²) >= 11 is 5.40. The van der Waals surface area contributed by atoms with E-state index in [0.717, 1.165) is 10.9 Å². The third-order valence-electron chi connectivity index (χ3n) is 3.39. The fraction of sp³-hybridized carbons (Fsp3) is 0.0588. The Balaban J connectivity index is 1.91. The SMILES string of the molecule is C=CCN1C(C(=O)Nc2ccc(F)c(Cl)c2)=CC(c2cccs2)=N[S+]1[O-]. The normalized spacial score (nSPS) is 16.7. The van der Waals surface area contributed by atoms with Crippen molar-refractivity contribution in [2.45, 2.75) is 0 Å². The highest BCUT2D eigenvalue weighted by atomic mass is 35.5. The summed E-state index contributed by atoms with van der Waals surface area (Å²) in [5, 5.41) is 4.40. The van der Waals surface area contributed by atoms with Crippen LogP contribution in [0.25, 0.3) is 0 Å². The van der Waals surface area contributed by atoms with Crippen LogP contribution in [0.5, 0.6) is 0 Å². The van der Waals surface area contributed by atoms with E-state index in [9.17, 15) is 13.7 Å². The molecule has 1 aliphatic heterocycles. The predicted octanol–water partition coefficient (Wildman–Crippen LogP) is 3.93. The maximum atomic E-state index is 13.3. The number of halogens is 2. The van der Waals surface area contributed by atoms with Gasteiger partial charge in [-0.2, -0.15) is 4.31 Å². The minimum atomic E-state index is -1.77. The second-order valence-electron chi connectivity index (χ2n) is 5.15. The number of benzene rings is 1. The number of hydrogen-bond acceptors (Lipinski definition) is 5. The van der Waals surface area contributed by atoms with E-state index in [0.29, 0.717) is 11.4 Å². The van der Waals surface area contributed by atoms with Gasteiger partial charge in [-0.25, -0.2) is 4.39 Å². The molecule has 1 amide bonds. The molecule has 1 atom stereocenters. The van der Waals surface area contributed by atoms with Gasteiger partial charge in [0.15, 0.2) is 5.70 Å². The van der Waals surface area contributed by atoms with Crippen LogP contribution in [0.2, 0.25) is 5.02 Å². The Morgan fingerprint density at radius 2 is 2.31 bits per heavy atom. The third-order valence-corrected chi connectivity index (χ3v) is 5.64. The van der Waals surface area contributed by atoms with E-state index in [1.807, 2.05) is 17.5 Å². The van der Waals surface area contributed by atoms with E-state index >= 15 is 0 Å². The number of carbonyl (C=O) groups excluding carboxylic acids is 1. The van der Waals surface area contributed by atoms with Crippen molar-refractivity contribution in [1.82, 2.24) is 4.31 Å². The molecular formula is C17H13ClFN3O2S2. The zero-order chi connectivity index (χ0) is 18.7. The van der Waals surface area contributed by atoms with Gasteiger partial charge in [-0.15, -0.1) is 17.9 Å². The van der Waals surface area contributed by atoms with Gasteiger partial charge in [0, 0.05) is 11.8 Å². The van der Waals surface area contributed by atoms with Crippen LogP contribution >= 0.6 is 22.9 Å². The number of rotatable bonds is 5. The van der Waals surface area contributed by atoms with Crippen LogP contribution < -0.4 is 5.32 Å². The van der Waals surface area contributed by atoms with Crippen molar-refractivity contribution in [2.24, 2.45) is 4.40 Å². The van der Waals surface area contributed by atoms with E-state index in [4.69, 9.17) is 11.6 Å². The number of anilines is 1. The van der Waals surface area contributed by atoms with Crippen molar-refractivity contribution in [2.75, 3.05) is 11.9 Å². The van der Waals surface area contributed by atoms with Gasteiger partial charge in [0.2, 0.25) is 11.5 Å². The molecule has 26 heavy (non-hydrogen) atoms. The summed E-state index contributed by atoms with van der Waals surface area (Å²) in [6.45, 7) is 3.79. The van der Waals surface area contributed by atoms with Gasteiger partial charge < -0.3 is 9.87 Å². The summed E-state index contributed by atoms with van der Waals surface area (Å²) in [4.78, 5) is 13.5. The lowest BCUT2D eigenvalue weighted by atomic mass is 10.2. The Labute approximate surface area is 161 Å². The van der Waals surface area contributed by atoms with Crippen LogP contribution in [0.1, 0.15) is 4.88 Å². The largest absolute Gasteiger partial charge is 0.566 e. The van der Waals surface area contributed by atoms with Crippen LogP contribution in [-0.4, -0.2) is 27.0 Å². The summed E-state index contributed by atoms with van der Waals surface area (Å²) in [5.41, 5.74) is 0.954. The number of carbonyl (C=O) groups is 1. The highest BCUT2D eigenvalue weighted by Gasteiger charge is 2.33. The zero-order valence-corrected chi connectivity index (χ0v) is 15.7. The number of nitrogens with one attached hydrogen (secondary N) is 1. The molecule has 1 aliphatic rings. The molecule has 1 N–H and O–H groups in total. The van der Waals surface area contributed by atoms with Gasteiger partial charge in [0.25, 0.3) is 5.91 Å². The van der Waals surface area contributed by atoms with Crippen molar-refractivity contribution in [1.29, 1.82) is 0 Å². The lowest BCUT2D eigenvalue weighted by Gasteiger charge is -2.25. The van der Waals surface area contributed by atoms with E-state index in [1.54, 1.807) is 6.08 Å². The topological polar surface area (TPSA) is 67.8 Å². The highest BCUT2D eigenvalue weighted by Crippen LogP contribution is 2.25. The number of thiophene rings is 1. The molecule has 2 aromatic rings. The molecule has 5 nitrogen and oxygen atoms in total. The number of allylic oxidation sites excluding steroid dienone is 1. The van der Waals surface area contributed by atoms with Gasteiger partial charge in [0.05, 0.1) is 16.4 Å². The molecule has 134 valence electrons.